The quantitative estimate of drug-likeness (QED) is 0.390. The summed E-state index contributed by atoms with van der Waals surface area (Å²) >= 11 is 1.61. The third kappa shape index (κ3) is 4.87. The molecule has 3 N–H and O–H groups in total. The molecule has 1 aromatic heterocycles. The van der Waals surface area contributed by atoms with Gasteiger partial charge in [-0.05, 0) is 74.2 Å². The van der Waals surface area contributed by atoms with Crippen molar-refractivity contribution in [2.24, 2.45) is 17.8 Å². The van der Waals surface area contributed by atoms with E-state index in [-0.39, 0.29) is 18.1 Å². The number of hydrogen-bond acceptors (Lipinski definition) is 7. The highest BCUT2D eigenvalue weighted by atomic mass is 32.2. The zero-order valence-corrected chi connectivity index (χ0v) is 20.6. The van der Waals surface area contributed by atoms with Crippen LogP contribution in [0.2, 0.25) is 0 Å². The van der Waals surface area contributed by atoms with E-state index in [1.54, 1.807) is 11.8 Å². The Morgan fingerprint density at radius 3 is 2.53 bits per heavy atom. The van der Waals surface area contributed by atoms with Crippen LogP contribution in [0, 0.1) is 17.8 Å². The minimum Gasteiger partial charge on any atom is -0.450 e. The largest absolute Gasteiger partial charge is 0.506 e. The Kier molecular flexibility index (Phi) is 6.68. The highest BCUT2D eigenvalue weighted by Crippen LogP contribution is 2.55. The van der Waals surface area contributed by atoms with Crippen LogP contribution in [0.4, 0.5) is 10.6 Å². The number of thioether (sulfide) groups is 1. The fraction of sp³-hybridized carbons (Fsp3) is 0.720. The maximum absolute atomic E-state index is 13.4. The predicted octanol–water partition coefficient (Wildman–Crippen LogP) is 3.92. The second-order valence-electron chi connectivity index (χ2n) is 10.6. The summed E-state index contributed by atoms with van der Waals surface area (Å²) in [7, 11) is 0. The Morgan fingerprint density at radius 1 is 1.21 bits per heavy atom. The molecular formula is C25H35N3O5S. The summed E-state index contributed by atoms with van der Waals surface area (Å²) in [5.41, 5.74) is 0.116. The van der Waals surface area contributed by atoms with Crippen molar-refractivity contribution in [1.82, 2.24) is 10.3 Å². The van der Waals surface area contributed by atoms with E-state index in [9.17, 15) is 14.7 Å². The van der Waals surface area contributed by atoms with Gasteiger partial charge in [0.25, 0.3) is 5.91 Å². The van der Waals surface area contributed by atoms with E-state index in [4.69, 9.17) is 14.8 Å². The normalized spacial score (nSPS) is 32.6. The zero-order chi connectivity index (χ0) is 23.9. The van der Waals surface area contributed by atoms with Gasteiger partial charge in [-0.1, -0.05) is 6.92 Å². The van der Waals surface area contributed by atoms with Crippen LogP contribution in [-0.4, -0.2) is 63.8 Å². The molecule has 1 amide bonds. The molecule has 1 saturated heterocycles. The summed E-state index contributed by atoms with van der Waals surface area (Å²) in [6, 6.07) is 3.93. The van der Waals surface area contributed by atoms with Gasteiger partial charge in [-0.25, -0.2) is 9.78 Å². The average molecular weight is 490 g/mol. The Hall–Kier alpha value is -2.00. The number of nitrogens with one attached hydrogen (secondary N) is 1. The molecule has 6 rings (SSSR count). The number of aliphatic hydroxyl groups is 1. The molecule has 4 saturated carbocycles. The van der Waals surface area contributed by atoms with E-state index in [0.717, 1.165) is 55.1 Å². The topological polar surface area (TPSA) is 112 Å². The fourth-order valence-corrected chi connectivity index (χ4v) is 7.75. The van der Waals surface area contributed by atoms with Crippen molar-refractivity contribution in [3.8, 4) is 0 Å². The van der Waals surface area contributed by atoms with E-state index in [1.165, 1.54) is 0 Å². The number of hydrogen-bond donors (Lipinski definition) is 3. The number of anilines is 1. The molecule has 0 spiro atoms. The lowest BCUT2D eigenvalue weighted by Crippen LogP contribution is -2.61. The standard InChI is InChI=1S/C25H35N3O5S/c1-2-9-34-23-19(3-4-20(26-23)28-7-5-18(6-8-28)33-24(30)31)22(29)27-21-16-10-15-11-17(21)14-25(32,12-15)13-16/h3-4,15-18,21,32H,2,5-14H2,1H3,(H,27,29)(H,30,31). The maximum Gasteiger partial charge on any atom is 0.506 e. The number of amides is 1. The lowest BCUT2D eigenvalue weighted by atomic mass is 9.52. The summed E-state index contributed by atoms with van der Waals surface area (Å²) in [6.45, 7) is 3.46. The number of nitrogens with zero attached hydrogens (tertiary/aromatic N) is 2. The highest BCUT2D eigenvalue weighted by molar-refractivity contribution is 7.99. The molecule has 5 fully saturated rings. The van der Waals surface area contributed by atoms with Crippen LogP contribution in [0.5, 0.6) is 0 Å². The van der Waals surface area contributed by atoms with Gasteiger partial charge in [-0.15, -0.1) is 11.8 Å². The molecular weight excluding hydrogens is 454 g/mol. The maximum atomic E-state index is 13.4. The van der Waals surface area contributed by atoms with Crippen molar-refractivity contribution in [3.63, 3.8) is 0 Å². The molecule has 34 heavy (non-hydrogen) atoms. The number of aromatic nitrogens is 1. The summed E-state index contributed by atoms with van der Waals surface area (Å²) in [4.78, 5) is 31.2. The van der Waals surface area contributed by atoms with E-state index in [0.29, 0.717) is 49.2 Å². The van der Waals surface area contributed by atoms with Crippen molar-refractivity contribution < 1.29 is 24.5 Å². The summed E-state index contributed by atoms with van der Waals surface area (Å²) < 4.78 is 4.92. The Labute approximate surface area is 204 Å². The molecule has 5 aliphatic rings. The smallest absolute Gasteiger partial charge is 0.450 e. The first-order valence-corrected chi connectivity index (χ1v) is 13.6. The van der Waals surface area contributed by atoms with Gasteiger partial charge in [0.15, 0.2) is 0 Å². The van der Waals surface area contributed by atoms with Gasteiger partial charge in [-0.3, -0.25) is 4.79 Å². The molecule has 4 aliphatic carbocycles. The van der Waals surface area contributed by atoms with Gasteiger partial charge in [-0.2, -0.15) is 0 Å². The summed E-state index contributed by atoms with van der Waals surface area (Å²) in [5, 5.41) is 23.8. The first kappa shape index (κ1) is 23.7. The highest BCUT2D eigenvalue weighted by Gasteiger charge is 2.55. The average Bonchev–Trinajstić information content (AvgIpc) is 2.79. The summed E-state index contributed by atoms with van der Waals surface area (Å²) in [6.07, 6.45) is 5.52. The summed E-state index contributed by atoms with van der Waals surface area (Å²) in [5.74, 6) is 2.99. The Bertz CT molecular complexity index is 919. The van der Waals surface area contributed by atoms with E-state index in [2.05, 4.69) is 17.1 Å². The van der Waals surface area contributed by atoms with Crippen LogP contribution in [0.3, 0.4) is 0 Å². The number of rotatable bonds is 7. The van der Waals surface area contributed by atoms with Gasteiger partial charge in [0.1, 0.15) is 16.9 Å². The number of carboxylic acid groups (broad SMARTS) is 1. The lowest BCUT2D eigenvalue weighted by molar-refractivity contribution is -0.136. The molecule has 2 unspecified atom stereocenters. The molecule has 8 nitrogen and oxygen atoms in total. The number of piperidine rings is 1. The van der Waals surface area contributed by atoms with E-state index < -0.39 is 11.8 Å². The molecule has 2 atom stereocenters. The van der Waals surface area contributed by atoms with Crippen molar-refractivity contribution in [2.45, 2.75) is 81.1 Å². The third-order valence-electron chi connectivity index (χ3n) is 8.11. The van der Waals surface area contributed by atoms with Gasteiger partial charge >= 0.3 is 6.16 Å². The molecule has 1 aromatic rings. The zero-order valence-electron chi connectivity index (χ0n) is 19.7. The van der Waals surface area contributed by atoms with Crippen molar-refractivity contribution in [2.75, 3.05) is 23.7 Å². The molecule has 2 heterocycles. The second-order valence-corrected chi connectivity index (χ2v) is 11.7. The molecule has 0 aromatic carbocycles. The monoisotopic (exact) mass is 489 g/mol. The minimum atomic E-state index is -1.22. The molecule has 186 valence electrons. The number of pyridine rings is 1. The van der Waals surface area contributed by atoms with Crippen molar-refractivity contribution in [1.29, 1.82) is 0 Å². The molecule has 0 radical (unpaired) electrons. The van der Waals surface area contributed by atoms with Gasteiger partial charge in [0.05, 0.1) is 11.2 Å². The second kappa shape index (κ2) is 9.57. The van der Waals surface area contributed by atoms with Crippen LogP contribution in [0.15, 0.2) is 17.2 Å². The van der Waals surface area contributed by atoms with Crippen molar-refractivity contribution >= 4 is 29.6 Å². The van der Waals surface area contributed by atoms with Crippen molar-refractivity contribution in [3.05, 3.63) is 17.7 Å². The first-order valence-electron chi connectivity index (χ1n) is 12.6. The predicted molar refractivity (Wildman–Crippen MR) is 129 cm³/mol. The molecule has 1 aliphatic heterocycles. The lowest BCUT2D eigenvalue weighted by Gasteiger charge is -2.58. The van der Waals surface area contributed by atoms with Gasteiger partial charge < -0.3 is 25.2 Å². The van der Waals surface area contributed by atoms with Gasteiger partial charge in [0, 0.05) is 32.0 Å². The number of ether oxygens (including phenoxy) is 1. The van der Waals surface area contributed by atoms with Crippen LogP contribution < -0.4 is 10.2 Å². The number of carbonyl (C=O) groups excluding carboxylic acids is 1. The molecule has 4 bridgehead atoms. The van der Waals surface area contributed by atoms with Crippen LogP contribution in [-0.2, 0) is 4.74 Å². The fourth-order valence-electron chi connectivity index (χ4n) is 6.88. The van der Waals surface area contributed by atoms with Crippen LogP contribution in [0.1, 0.15) is 68.6 Å². The molecule has 9 heteroatoms. The van der Waals surface area contributed by atoms with Crippen LogP contribution in [0.25, 0.3) is 0 Å². The number of carbonyl (C=O) groups is 2. The van der Waals surface area contributed by atoms with Gasteiger partial charge in [0.2, 0.25) is 0 Å². The third-order valence-corrected chi connectivity index (χ3v) is 9.30. The SMILES string of the molecule is CCCSc1nc(N2CCC(OC(=O)O)CC2)ccc1C(=O)NC1C2CC3CC1CC(O)(C3)C2. The van der Waals surface area contributed by atoms with Crippen LogP contribution >= 0.6 is 11.8 Å². The Morgan fingerprint density at radius 2 is 1.91 bits per heavy atom. The Balaban J connectivity index is 1.28. The first-order chi connectivity index (χ1) is 16.3. The minimum absolute atomic E-state index is 0.0596. The van der Waals surface area contributed by atoms with E-state index >= 15 is 0 Å². The van der Waals surface area contributed by atoms with E-state index in [1.807, 2.05) is 12.1 Å².